The van der Waals surface area contributed by atoms with Crippen LogP contribution in [0.4, 0.5) is 5.82 Å². The predicted molar refractivity (Wildman–Crippen MR) is 67.1 cm³/mol. The second kappa shape index (κ2) is 4.48. The third kappa shape index (κ3) is 1.97. The highest BCUT2D eigenvalue weighted by Gasteiger charge is 2.14. The van der Waals surface area contributed by atoms with Crippen LogP contribution in [-0.4, -0.2) is 9.78 Å². The van der Waals surface area contributed by atoms with Gasteiger partial charge in [-0.2, -0.15) is 10.4 Å². The van der Waals surface area contributed by atoms with Crippen LogP contribution in [0.25, 0.3) is 5.69 Å². The molecular formula is C12H11ClN4. The molecule has 2 N–H and O–H groups in total. The Morgan fingerprint density at radius 3 is 2.82 bits per heavy atom. The van der Waals surface area contributed by atoms with Gasteiger partial charge in [-0.25, -0.2) is 4.68 Å². The van der Waals surface area contributed by atoms with E-state index in [1.54, 1.807) is 16.8 Å². The second-order valence-electron chi connectivity index (χ2n) is 3.56. The minimum Gasteiger partial charge on any atom is -0.382 e. The lowest BCUT2D eigenvalue weighted by atomic mass is 10.2. The fourth-order valence-corrected chi connectivity index (χ4v) is 1.84. The average molecular weight is 247 g/mol. The number of benzene rings is 1. The van der Waals surface area contributed by atoms with Gasteiger partial charge in [-0.1, -0.05) is 24.6 Å². The van der Waals surface area contributed by atoms with E-state index < -0.39 is 0 Å². The molecule has 0 aliphatic heterocycles. The largest absolute Gasteiger partial charge is 0.382 e. The first-order valence-electron chi connectivity index (χ1n) is 5.20. The number of nitrogens with zero attached hydrogens (tertiary/aromatic N) is 3. The highest BCUT2D eigenvalue weighted by Crippen LogP contribution is 2.22. The normalized spacial score (nSPS) is 10.2. The lowest BCUT2D eigenvalue weighted by Crippen LogP contribution is -2.02. The number of aromatic nitrogens is 2. The molecule has 0 unspecified atom stereocenters. The zero-order valence-corrected chi connectivity index (χ0v) is 10.1. The maximum Gasteiger partial charge on any atom is 0.145 e. The Morgan fingerprint density at radius 1 is 1.53 bits per heavy atom. The number of halogens is 1. The first kappa shape index (κ1) is 11.5. The molecule has 0 aliphatic carbocycles. The molecule has 4 nitrogen and oxygen atoms in total. The summed E-state index contributed by atoms with van der Waals surface area (Å²) >= 11 is 5.91. The number of hydrogen-bond donors (Lipinski definition) is 1. The summed E-state index contributed by atoms with van der Waals surface area (Å²) in [5.41, 5.74) is 7.80. The molecule has 0 radical (unpaired) electrons. The predicted octanol–water partition coefficient (Wildman–Crippen LogP) is 2.54. The van der Waals surface area contributed by atoms with Crippen LogP contribution in [0.3, 0.4) is 0 Å². The molecule has 1 aromatic carbocycles. The van der Waals surface area contributed by atoms with Gasteiger partial charge in [0.05, 0.1) is 11.4 Å². The van der Waals surface area contributed by atoms with Crippen molar-refractivity contribution in [3.63, 3.8) is 0 Å². The van der Waals surface area contributed by atoms with Crippen molar-refractivity contribution in [3.8, 4) is 11.8 Å². The van der Waals surface area contributed by atoms with Crippen LogP contribution in [0, 0.1) is 11.3 Å². The Balaban J connectivity index is 2.61. The quantitative estimate of drug-likeness (QED) is 0.885. The van der Waals surface area contributed by atoms with E-state index in [-0.39, 0.29) is 0 Å². The Labute approximate surface area is 104 Å². The lowest BCUT2D eigenvalue weighted by molar-refractivity contribution is 0.849. The van der Waals surface area contributed by atoms with Crippen molar-refractivity contribution in [2.45, 2.75) is 13.3 Å². The number of anilines is 1. The Morgan fingerprint density at radius 2 is 2.29 bits per heavy atom. The molecule has 0 bridgehead atoms. The van der Waals surface area contributed by atoms with Crippen LogP contribution in [0.5, 0.6) is 0 Å². The number of nitrogen functional groups attached to an aromatic ring is 1. The van der Waals surface area contributed by atoms with Gasteiger partial charge in [0.25, 0.3) is 0 Å². The molecule has 0 aliphatic rings. The molecule has 2 aromatic rings. The molecular weight excluding hydrogens is 236 g/mol. The number of rotatable bonds is 2. The fraction of sp³-hybridized carbons (Fsp3) is 0.167. The topological polar surface area (TPSA) is 67.6 Å². The molecule has 0 saturated carbocycles. The van der Waals surface area contributed by atoms with E-state index in [0.29, 0.717) is 28.5 Å². The van der Waals surface area contributed by atoms with Crippen molar-refractivity contribution in [2.24, 2.45) is 0 Å². The van der Waals surface area contributed by atoms with Crippen molar-refractivity contribution < 1.29 is 0 Å². The number of nitriles is 1. The van der Waals surface area contributed by atoms with Gasteiger partial charge in [0.2, 0.25) is 0 Å². The van der Waals surface area contributed by atoms with Gasteiger partial charge in [0.1, 0.15) is 17.5 Å². The fourth-order valence-electron chi connectivity index (χ4n) is 1.65. The van der Waals surface area contributed by atoms with Gasteiger partial charge in [0.15, 0.2) is 0 Å². The van der Waals surface area contributed by atoms with E-state index in [9.17, 15) is 0 Å². The van der Waals surface area contributed by atoms with Gasteiger partial charge in [-0.05, 0) is 24.6 Å². The van der Waals surface area contributed by atoms with Crippen LogP contribution >= 0.6 is 11.6 Å². The molecule has 1 heterocycles. The second-order valence-corrected chi connectivity index (χ2v) is 4.00. The summed E-state index contributed by atoms with van der Waals surface area (Å²) in [6, 6.07) is 9.27. The van der Waals surface area contributed by atoms with E-state index >= 15 is 0 Å². The summed E-state index contributed by atoms with van der Waals surface area (Å²) in [7, 11) is 0. The van der Waals surface area contributed by atoms with Crippen LogP contribution in [0.1, 0.15) is 18.2 Å². The Kier molecular flexibility index (Phi) is 3.03. The highest BCUT2D eigenvalue weighted by molar-refractivity contribution is 6.30. The molecule has 5 heteroatoms. The van der Waals surface area contributed by atoms with Gasteiger partial charge in [0, 0.05) is 5.02 Å². The average Bonchev–Trinajstić information content (AvgIpc) is 2.65. The van der Waals surface area contributed by atoms with Gasteiger partial charge >= 0.3 is 0 Å². The molecule has 1 aromatic heterocycles. The van der Waals surface area contributed by atoms with E-state index in [4.69, 9.17) is 22.6 Å². The smallest absolute Gasteiger partial charge is 0.145 e. The molecule has 0 fully saturated rings. The van der Waals surface area contributed by atoms with Gasteiger partial charge in [-0.15, -0.1) is 0 Å². The summed E-state index contributed by atoms with van der Waals surface area (Å²) in [6.45, 7) is 1.94. The monoisotopic (exact) mass is 246 g/mol. The first-order valence-corrected chi connectivity index (χ1v) is 5.58. The molecule has 2 rings (SSSR count). The van der Waals surface area contributed by atoms with E-state index in [1.807, 2.05) is 19.1 Å². The van der Waals surface area contributed by atoms with Crippen molar-refractivity contribution in [2.75, 3.05) is 5.73 Å². The van der Waals surface area contributed by atoms with E-state index in [2.05, 4.69) is 11.2 Å². The maximum atomic E-state index is 9.04. The standard InChI is InChI=1S/C12H11ClN4/c1-2-11-10(7-14)12(15)17(16-11)9-5-3-4-8(13)6-9/h3-6H,2,15H2,1H3. The molecule has 17 heavy (non-hydrogen) atoms. The molecule has 86 valence electrons. The first-order chi connectivity index (χ1) is 8.17. The summed E-state index contributed by atoms with van der Waals surface area (Å²) in [4.78, 5) is 0. The van der Waals surface area contributed by atoms with E-state index in [0.717, 1.165) is 5.69 Å². The minimum absolute atomic E-state index is 0.353. The van der Waals surface area contributed by atoms with Crippen LogP contribution < -0.4 is 5.73 Å². The summed E-state index contributed by atoms with van der Waals surface area (Å²) < 4.78 is 1.54. The molecule has 0 atom stereocenters. The number of hydrogen-bond acceptors (Lipinski definition) is 3. The molecule has 0 saturated heterocycles. The SMILES string of the molecule is CCc1nn(-c2cccc(Cl)c2)c(N)c1C#N. The highest BCUT2D eigenvalue weighted by atomic mass is 35.5. The molecule has 0 amide bonds. The number of nitrogens with two attached hydrogens (primary N) is 1. The zero-order valence-electron chi connectivity index (χ0n) is 9.31. The van der Waals surface area contributed by atoms with Crippen LogP contribution in [-0.2, 0) is 6.42 Å². The van der Waals surface area contributed by atoms with Crippen molar-refractivity contribution in [1.82, 2.24) is 9.78 Å². The van der Waals surface area contributed by atoms with Gasteiger partial charge < -0.3 is 5.73 Å². The third-order valence-electron chi connectivity index (χ3n) is 2.49. The summed E-state index contributed by atoms with van der Waals surface area (Å²) in [6.07, 6.45) is 0.667. The van der Waals surface area contributed by atoms with Crippen molar-refractivity contribution in [1.29, 1.82) is 5.26 Å². The maximum absolute atomic E-state index is 9.04. The minimum atomic E-state index is 0.353. The lowest BCUT2D eigenvalue weighted by Gasteiger charge is -2.03. The van der Waals surface area contributed by atoms with Crippen LogP contribution in [0.2, 0.25) is 5.02 Å². The summed E-state index contributed by atoms with van der Waals surface area (Å²) in [5.74, 6) is 0.353. The van der Waals surface area contributed by atoms with Crippen molar-refractivity contribution in [3.05, 3.63) is 40.5 Å². The molecule has 0 spiro atoms. The third-order valence-corrected chi connectivity index (χ3v) is 2.73. The van der Waals surface area contributed by atoms with Gasteiger partial charge in [-0.3, -0.25) is 0 Å². The van der Waals surface area contributed by atoms with Crippen LogP contribution in [0.15, 0.2) is 24.3 Å². The zero-order chi connectivity index (χ0) is 12.4. The summed E-state index contributed by atoms with van der Waals surface area (Å²) in [5, 5.41) is 14.0. The van der Waals surface area contributed by atoms with E-state index in [1.165, 1.54) is 0 Å². The Bertz CT molecular complexity index is 595. The Hall–Kier alpha value is -1.99. The van der Waals surface area contributed by atoms with Crippen molar-refractivity contribution >= 4 is 17.4 Å². The number of aryl methyl sites for hydroxylation is 1.